The second-order valence-electron chi connectivity index (χ2n) is 4.19. The highest BCUT2D eigenvalue weighted by molar-refractivity contribution is 5.76. The van der Waals surface area contributed by atoms with E-state index < -0.39 is 0 Å². The Hall–Kier alpha value is -2.29. The van der Waals surface area contributed by atoms with Gasteiger partial charge in [0.05, 0.1) is 0 Å². The van der Waals surface area contributed by atoms with Crippen LogP contribution in [0, 0.1) is 0 Å². The molecule has 3 aromatic rings. The predicted molar refractivity (Wildman–Crippen MR) is 64.6 cm³/mol. The van der Waals surface area contributed by atoms with Gasteiger partial charge >= 0.3 is 0 Å². The highest BCUT2D eigenvalue weighted by atomic mass is 16.5. The Kier molecular flexibility index (Phi) is 1.61. The van der Waals surface area contributed by atoms with Gasteiger partial charge in [-0.3, -0.25) is 0 Å². The number of nitrogens with zero attached hydrogens (tertiary/aromatic N) is 1. The summed E-state index contributed by atoms with van der Waals surface area (Å²) in [6.07, 6.45) is 0. The number of imidazole rings is 1. The fourth-order valence-corrected chi connectivity index (χ4v) is 2.40. The first-order valence-corrected chi connectivity index (χ1v) is 5.66. The number of rotatable bonds is 0. The maximum atomic E-state index is 5.76. The van der Waals surface area contributed by atoms with Crippen molar-refractivity contribution in [2.75, 3.05) is 0 Å². The number of H-pyrrole nitrogens is 1. The molecule has 0 saturated heterocycles. The van der Waals surface area contributed by atoms with Crippen LogP contribution in [-0.4, -0.2) is 4.98 Å². The van der Waals surface area contributed by atoms with Crippen LogP contribution in [-0.2, 0) is 6.73 Å². The van der Waals surface area contributed by atoms with Gasteiger partial charge in [-0.05, 0) is 24.3 Å². The van der Waals surface area contributed by atoms with Crippen LogP contribution in [0.2, 0.25) is 0 Å². The molecule has 0 spiro atoms. The van der Waals surface area contributed by atoms with E-state index in [0.29, 0.717) is 6.73 Å². The molecule has 0 aliphatic carbocycles. The van der Waals surface area contributed by atoms with E-state index in [1.165, 1.54) is 5.52 Å². The third-order valence-electron chi connectivity index (χ3n) is 3.21. The zero-order chi connectivity index (χ0) is 11.2. The Balaban J connectivity index is 2.10. The molecule has 17 heavy (non-hydrogen) atoms. The number of aromatic amines is 1. The van der Waals surface area contributed by atoms with Crippen molar-refractivity contribution in [3.05, 3.63) is 48.5 Å². The van der Waals surface area contributed by atoms with Crippen molar-refractivity contribution < 1.29 is 9.30 Å². The third kappa shape index (κ3) is 1.13. The number of aromatic nitrogens is 2. The fourth-order valence-electron chi connectivity index (χ4n) is 2.40. The molecule has 0 atom stereocenters. The lowest BCUT2D eigenvalue weighted by Gasteiger charge is -2.13. The van der Waals surface area contributed by atoms with Gasteiger partial charge in [-0.25, -0.2) is 4.98 Å². The minimum atomic E-state index is 0.566. The summed E-state index contributed by atoms with van der Waals surface area (Å²) in [5.41, 5.74) is 3.44. The van der Waals surface area contributed by atoms with Crippen LogP contribution in [0.3, 0.4) is 0 Å². The molecule has 3 nitrogen and oxygen atoms in total. The van der Waals surface area contributed by atoms with Gasteiger partial charge in [0.1, 0.15) is 11.3 Å². The number of ether oxygens (including phenoxy) is 1. The van der Waals surface area contributed by atoms with E-state index in [1.54, 1.807) is 0 Å². The molecule has 2 aromatic carbocycles. The SMILES string of the molecule is c1ccc2c(c1)OC[n+]1c-2[nH]c2ccccc21. The molecule has 0 saturated carbocycles. The lowest BCUT2D eigenvalue weighted by molar-refractivity contribution is -0.693. The second kappa shape index (κ2) is 3.10. The Morgan fingerprint density at radius 3 is 2.82 bits per heavy atom. The molecule has 1 N–H and O–H groups in total. The molecule has 3 heteroatoms. The van der Waals surface area contributed by atoms with Gasteiger partial charge in [-0.15, -0.1) is 0 Å². The lowest BCUT2D eigenvalue weighted by atomic mass is 10.2. The van der Waals surface area contributed by atoms with Crippen LogP contribution in [0.15, 0.2) is 48.5 Å². The molecular weight excluding hydrogens is 212 g/mol. The molecule has 0 amide bonds. The van der Waals surface area contributed by atoms with Crippen LogP contribution < -0.4 is 9.30 Å². The van der Waals surface area contributed by atoms with Crippen LogP contribution in [0.25, 0.3) is 22.4 Å². The largest absolute Gasteiger partial charge is 0.453 e. The quantitative estimate of drug-likeness (QED) is 0.583. The van der Waals surface area contributed by atoms with Gasteiger partial charge in [-0.1, -0.05) is 24.3 Å². The first kappa shape index (κ1) is 8.82. The maximum Gasteiger partial charge on any atom is 0.294 e. The summed E-state index contributed by atoms with van der Waals surface area (Å²) >= 11 is 0. The molecule has 1 aliphatic rings. The van der Waals surface area contributed by atoms with Gasteiger partial charge in [0.25, 0.3) is 5.82 Å². The van der Waals surface area contributed by atoms with E-state index in [1.807, 2.05) is 30.3 Å². The van der Waals surface area contributed by atoms with Crippen LogP contribution in [0.5, 0.6) is 5.75 Å². The Morgan fingerprint density at radius 2 is 1.82 bits per heavy atom. The summed E-state index contributed by atoms with van der Waals surface area (Å²) in [5, 5.41) is 0. The van der Waals surface area contributed by atoms with Gasteiger partial charge in [-0.2, -0.15) is 4.57 Å². The molecule has 82 valence electrons. The topological polar surface area (TPSA) is 28.9 Å². The van der Waals surface area contributed by atoms with E-state index in [4.69, 9.17) is 4.74 Å². The molecule has 0 unspecified atom stereocenters. The minimum absolute atomic E-state index is 0.566. The van der Waals surface area contributed by atoms with Crippen molar-refractivity contribution in [2.24, 2.45) is 0 Å². The standard InChI is InChI=1S/C14H10N2O/c1-4-8-13-10(5-1)14-15-11-6-2-3-7-12(11)16(14)9-17-13/h1-8H,9H2/p+1. The Labute approximate surface area is 98.3 Å². The van der Waals surface area contributed by atoms with E-state index in [2.05, 4.69) is 27.8 Å². The van der Waals surface area contributed by atoms with E-state index >= 15 is 0 Å². The van der Waals surface area contributed by atoms with Gasteiger partial charge < -0.3 is 4.74 Å². The minimum Gasteiger partial charge on any atom is -0.453 e. The van der Waals surface area contributed by atoms with Crippen molar-refractivity contribution in [1.82, 2.24) is 4.98 Å². The first-order chi connectivity index (χ1) is 8.43. The number of para-hydroxylation sites is 3. The van der Waals surface area contributed by atoms with Gasteiger partial charge in [0.15, 0.2) is 11.0 Å². The molecule has 1 aliphatic heterocycles. The number of fused-ring (bicyclic) bond motifs is 5. The summed E-state index contributed by atoms with van der Waals surface area (Å²) in [5.74, 6) is 2.06. The van der Waals surface area contributed by atoms with Crippen molar-refractivity contribution in [3.63, 3.8) is 0 Å². The van der Waals surface area contributed by atoms with Crippen molar-refractivity contribution in [3.8, 4) is 17.1 Å². The Morgan fingerprint density at radius 1 is 1.00 bits per heavy atom. The zero-order valence-corrected chi connectivity index (χ0v) is 9.18. The van der Waals surface area contributed by atoms with Crippen molar-refractivity contribution in [2.45, 2.75) is 6.73 Å². The summed E-state index contributed by atoms with van der Waals surface area (Å²) < 4.78 is 7.92. The molecule has 0 fully saturated rings. The van der Waals surface area contributed by atoms with Crippen LogP contribution >= 0.6 is 0 Å². The smallest absolute Gasteiger partial charge is 0.294 e. The molecule has 2 heterocycles. The summed E-state index contributed by atoms with van der Waals surface area (Å²) in [4.78, 5) is 3.46. The number of hydrogen-bond acceptors (Lipinski definition) is 1. The summed E-state index contributed by atoms with van der Waals surface area (Å²) in [7, 11) is 0. The highest BCUT2D eigenvalue weighted by Gasteiger charge is 2.26. The fraction of sp³-hybridized carbons (Fsp3) is 0.0714. The molecular formula is C14H11N2O+. The van der Waals surface area contributed by atoms with Crippen molar-refractivity contribution in [1.29, 1.82) is 0 Å². The number of benzene rings is 2. The van der Waals surface area contributed by atoms with Crippen LogP contribution in [0.1, 0.15) is 0 Å². The third-order valence-corrected chi connectivity index (χ3v) is 3.21. The molecule has 4 rings (SSSR count). The van der Waals surface area contributed by atoms with Gasteiger partial charge in [0.2, 0.25) is 6.73 Å². The lowest BCUT2D eigenvalue weighted by Crippen LogP contribution is -2.40. The summed E-state index contributed by atoms with van der Waals surface area (Å²) in [6.45, 7) is 0.566. The number of hydrogen-bond donors (Lipinski definition) is 1. The zero-order valence-electron chi connectivity index (χ0n) is 9.18. The van der Waals surface area contributed by atoms with E-state index in [9.17, 15) is 0 Å². The first-order valence-electron chi connectivity index (χ1n) is 5.66. The van der Waals surface area contributed by atoms with E-state index in [-0.39, 0.29) is 0 Å². The monoisotopic (exact) mass is 223 g/mol. The predicted octanol–water partition coefficient (Wildman–Crippen LogP) is 2.47. The average molecular weight is 223 g/mol. The van der Waals surface area contributed by atoms with Crippen molar-refractivity contribution >= 4 is 11.0 Å². The molecule has 0 bridgehead atoms. The van der Waals surface area contributed by atoms with E-state index in [0.717, 1.165) is 22.7 Å². The second-order valence-corrected chi connectivity index (χ2v) is 4.19. The normalized spacial score (nSPS) is 12.9. The van der Waals surface area contributed by atoms with Crippen LogP contribution in [0.4, 0.5) is 0 Å². The average Bonchev–Trinajstić information content (AvgIpc) is 2.78. The Bertz CT molecular complexity index is 715. The number of nitrogens with one attached hydrogen (secondary N) is 1. The highest BCUT2D eigenvalue weighted by Crippen LogP contribution is 2.31. The van der Waals surface area contributed by atoms with Gasteiger partial charge in [0, 0.05) is 0 Å². The molecule has 0 radical (unpaired) electrons. The molecule has 1 aromatic heterocycles. The maximum absolute atomic E-state index is 5.76. The summed E-state index contributed by atoms with van der Waals surface area (Å²) in [6, 6.07) is 16.4.